The number of nitrogens with two attached hydrogens (primary N) is 1. The number of nitrogens with zero attached hydrogens (tertiary/aromatic N) is 1. The smallest absolute Gasteiger partial charge is 0.141 e. The van der Waals surface area contributed by atoms with Crippen LogP contribution in [-0.4, -0.2) is 12.4 Å². The van der Waals surface area contributed by atoms with E-state index < -0.39 is 0 Å². The SMILES string of the molecule is NC(=Nc1cccc(CCNCc2cccc(Cl)c2)c1)c1cccs1. The van der Waals surface area contributed by atoms with Crippen molar-refractivity contribution in [2.45, 2.75) is 13.0 Å². The molecule has 0 aliphatic rings. The molecule has 5 heteroatoms. The second-order valence-electron chi connectivity index (χ2n) is 5.70. The van der Waals surface area contributed by atoms with Crippen molar-refractivity contribution in [3.8, 4) is 0 Å². The van der Waals surface area contributed by atoms with Gasteiger partial charge in [0.15, 0.2) is 0 Å². The van der Waals surface area contributed by atoms with Crippen molar-refractivity contribution in [2.24, 2.45) is 10.7 Å². The number of nitrogens with one attached hydrogen (secondary N) is 1. The molecule has 0 spiro atoms. The van der Waals surface area contributed by atoms with Gasteiger partial charge < -0.3 is 11.1 Å². The van der Waals surface area contributed by atoms with Crippen LogP contribution in [0.3, 0.4) is 0 Å². The van der Waals surface area contributed by atoms with Crippen LogP contribution in [0.5, 0.6) is 0 Å². The second-order valence-corrected chi connectivity index (χ2v) is 7.09. The molecule has 0 saturated heterocycles. The van der Waals surface area contributed by atoms with E-state index in [-0.39, 0.29) is 0 Å². The van der Waals surface area contributed by atoms with Crippen LogP contribution in [0.4, 0.5) is 5.69 Å². The van der Waals surface area contributed by atoms with Crippen LogP contribution in [-0.2, 0) is 13.0 Å². The fraction of sp³-hybridized carbons (Fsp3) is 0.150. The van der Waals surface area contributed by atoms with Crippen LogP contribution >= 0.6 is 22.9 Å². The first-order valence-corrected chi connectivity index (χ1v) is 9.38. The molecule has 0 fully saturated rings. The molecular formula is C20H20ClN3S. The summed E-state index contributed by atoms with van der Waals surface area (Å²) in [4.78, 5) is 5.51. The number of halogens is 1. The number of benzene rings is 2. The van der Waals surface area contributed by atoms with Gasteiger partial charge in [-0.2, -0.15) is 0 Å². The number of aliphatic imine (C=N–C) groups is 1. The summed E-state index contributed by atoms with van der Waals surface area (Å²) in [6, 6.07) is 20.1. The largest absolute Gasteiger partial charge is 0.383 e. The number of thiophene rings is 1. The average Bonchev–Trinajstić information content (AvgIpc) is 3.14. The predicted molar refractivity (Wildman–Crippen MR) is 108 cm³/mol. The average molecular weight is 370 g/mol. The second kappa shape index (κ2) is 8.81. The van der Waals surface area contributed by atoms with Gasteiger partial charge in [-0.05, 0) is 59.8 Å². The zero-order chi connectivity index (χ0) is 17.5. The lowest BCUT2D eigenvalue weighted by atomic mass is 10.1. The van der Waals surface area contributed by atoms with Crippen LogP contribution in [0.1, 0.15) is 16.0 Å². The number of amidine groups is 1. The van der Waals surface area contributed by atoms with Crippen molar-refractivity contribution < 1.29 is 0 Å². The first-order valence-electron chi connectivity index (χ1n) is 8.13. The minimum Gasteiger partial charge on any atom is -0.383 e. The minimum absolute atomic E-state index is 0.561. The quantitative estimate of drug-likeness (QED) is 0.358. The first kappa shape index (κ1) is 17.7. The summed E-state index contributed by atoms with van der Waals surface area (Å²) in [5.74, 6) is 0.561. The zero-order valence-corrected chi connectivity index (χ0v) is 15.4. The summed E-state index contributed by atoms with van der Waals surface area (Å²) < 4.78 is 0. The lowest BCUT2D eigenvalue weighted by Gasteiger charge is -2.06. The Kier molecular flexibility index (Phi) is 6.23. The minimum atomic E-state index is 0.561. The molecule has 0 saturated carbocycles. The van der Waals surface area contributed by atoms with Gasteiger partial charge in [0.05, 0.1) is 10.6 Å². The molecule has 0 amide bonds. The topological polar surface area (TPSA) is 50.4 Å². The Morgan fingerprint density at radius 1 is 1.04 bits per heavy atom. The van der Waals surface area contributed by atoms with Gasteiger partial charge in [-0.25, -0.2) is 4.99 Å². The van der Waals surface area contributed by atoms with E-state index in [2.05, 4.69) is 28.5 Å². The van der Waals surface area contributed by atoms with Gasteiger partial charge in [0.2, 0.25) is 0 Å². The van der Waals surface area contributed by atoms with E-state index in [0.717, 1.165) is 35.1 Å². The molecule has 3 nitrogen and oxygen atoms in total. The Morgan fingerprint density at radius 2 is 1.88 bits per heavy atom. The highest BCUT2D eigenvalue weighted by atomic mass is 35.5. The third kappa shape index (κ3) is 5.43. The van der Waals surface area contributed by atoms with Crippen LogP contribution in [0.2, 0.25) is 5.02 Å². The highest BCUT2D eigenvalue weighted by Gasteiger charge is 2.01. The third-order valence-electron chi connectivity index (χ3n) is 3.74. The molecule has 1 heterocycles. The van der Waals surface area contributed by atoms with Gasteiger partial charge in [0, 0.05) is 11.6 Å². The summed E-state index contributed by atoms with van der Waals surface area (Å²) in [5, 5.41) is 6.21. The van der Waals surface area contributed by atoms with E-state index in [1.807, 2.05) is 47.8 Å². The summed E-state index contributed by atoms with van der Waals surface area (Å²) in [6.07, 6.45) is 0.933. The standard InChI is InChI=1S/C20H20ClN3S/c21-17-6-1-5-16(12-17)14-23-10-9-15-4-2-7-18(13-15)24-20(22)19-8-3-11-25-19/h1-8,11-13,23H,9-10,14H2,(H2,22,24). The monoisotopic (exact) mass is 369 g/mol. The fourth-order valence-electron chi connectivity index (χ4n) is 2.51. The molecule has 25 heavy (non-hydrogen) atoms. The van der Waals surface area contributed by atoms with Crippen LogP contribution in [0.15, 0.2) is 71.0 Å². The molecule has 128 valence electrons. The Morgan fingerprint density at radius 3 is 2.68 bits per heavy atom. The van der Waals surface area contributed by atoms with Gasteiger partial charge in [0.25, 0.3) is 0 Å². The highest BCUT2D eigenvalue weighted by molar-refractivity contribution is 7.12. The van der Waals surface area contributed by atoms with Crippen LogP contribution in [0.25, 0.3) is 0 Å². The Balaban J connectivity index is 1.54. The highest BCUT2D eigenvalue weighted by Crippen LogP contribution is 2.17. The van der Waals surface area contributed by atoms with Crippen molar-refractivity contribution in [3.05, 3.63) is 87.1 Å². The van der Waals surface area contributed by atoms with Gasteiger partial charge in [-0.1, -0.05) is 41.9 Å². The van der Waals surface area contributed by atoms with Gasteiger partial charge in [-0.15, -0.1) is 11.3 Å². The van der Waals surface area contributed by atoms with Crippen molar-refractivity contribution in [2.75, 3.05) is 6.54 Å². The van der Waals surface area contributed by atoms with E-state index >= 15 is 0 Å². The number of hydrogen-bond donors (Lipinski definition) is 2. The molecule has 0 aliphatic heterocycles. The molecule has 0 atom stereocenters. The van der Waals surface area contributed by atoms with E-state index in [4.69, 9.17) is 17.3 Å². The van der Waals surface area contributed by atoms with Crippen molar-refractivity contribution >= 4 is 34.5 Å². The van der Waals surface area contributed by atoms with Gasteiger partial charge in [0.1, 0.15) is 5.84 Å². The molecule has 3 N–H and O–H groups in total. The van der Waals surface area contributed by atoms with Gasteiger partial charge >= 0.3 is 0 Å². The molecule has 1 aromatic heterocycles. The summed E-state index contributed by atoms with van der Waals surface area (Å²) >= 11 is 7.59. The summed E-state index contributed by atoms with van der Waals surface area (Å²) in [6.45, 7) is 1.70. The number of rotatable bonds is 7. The van der Waals surface area contributed by atoms with E-state index in [0.29, 0.717) is 5.84 Å². The van der Waals surface area contributed by atoms with Crippen molar-refractivity contribution in [1.29, 1.82) is 0 Å². The summed E-state index contributed by atoms with van der Waals surface area (Å²) in [7, 11) is 0. The lowest BCUT2D eigenvalue weighted by molar-refractivity contribution is 0.687. The van der Waals surface area contributed by atoms with E-state index in [9.17, 15) is 0 Å². The van der Waals surface area contributed by atoms with Gasteiger partial charge in [-0.3, -0.25) is 0 Å². The molecular weight excluding hydrogens is 350 g/mol. The fourth-order valence-corrected chi connectivity index (χ4v) is 3.35. The Bertz CT molecular complexity index is 844. The zero-order valence-electron chi connectivity index (χ0n) is 13.8. The molecule has 0 unspecified atom stereocenters. The third-order valence-corrected chi connectivity index (χ3v) is 4.87. The first-order chi connectivity index (χ1) is 12.2. The molecule has 0 bridgehead atoms. The normalized spacial score (nSPS) is 11.6. The predicted octanol–water partition coefficient (Wildman–Crippen LogP) is 4.77. The van der Waals surface area contributed by atoms with Crippen molar-refractivity contribution in [3.63, 3.8) is 0 Å². The van der Waals surface area contributed by atoms with Crippen LogP contribution < -0.4 is 11.1 Å². The Labute approximate surface area is 157 Å². The van der Waals surface area contributed by atoms with Crippen LogP contribution in [0, 0.1) is 0 Å². The summed E-state index contributed by atoms with van der Waals surface area (Å²) in [5.41, 5.74) is 9.37. The molecule has 0 radical (unpaired) electrons. The molecule has 3 rings (SSSR count). The maximum Gasteiger partial charge on any atom is 0.141 e. The maximum absolute atomic E-state index is 6.06. The molecule has 3 aromatic rings. The molecule has 2 aromatic carbocycles. The van der Waals surface area contributed by atoms with E-state index in [1.165, 1.54) is 11.1 Å². The number of hydrogen-bond acceptors (Lipinski definition) is 3. The lowest BCUT2D eigenvalue weighted by Crippen LogP contribution is -2.16. The maximum atomic E-state index is 6.06. The van der Waals surface area contributed by atoms with E-state index in [1.54, 1.807) is 11.3 Å². The Hall–Kier alpha value is -2.14. The molecule has 0 aliphatic carbocycles. The van der Waals surface area contributed by atoms with Crippen molar-refractivity contribution in [1.82, 2.24) is 5.32 Å².